The molecule has 0 aromatic carbocycles. The maximum absolute atomic E-state index is 11.9. The number of ketones is 1. The van der Waals surface area contributed by atoms with Gasteiger partial charge in [-0.05, 0) is 25.5 Å². The van der Waals surface area contributed by atoms with Crippen LogP contribution in [-0.4, -0.2) is 36.1 Å². The molecule has 0 spiro atoms. The molecule has 2 rings (SSSR count). The smallest absolute Gasteiger partial charge is 0.260 e. The summed E-state index contributed by atoms with van der Waals surface area (Å²) in [5.74, 6) is 0.145. The summed E-state index contributed by atoms with van der Waals surface area (Å²) in [5, 5.41) is 0.730. The topological polar surface area (TPSA) is 81.3 Å². The van der Waals surface area contributed by atoms with Crippen LogP contribution in [0.5, 0.6) is 5.88 Å². The molecule has 2 aromatic heterocycles. The molecule has 20 heavy (non-hydrogen) atoms. The predicted octanol–water partition coefficient (Wildman–Crippen LogP) is 1.46. The van der Waals surface area contributed by atoms with Crippen LogP contribution in [0.2, 0.25) is 0 Å². The number of aromatic nitrogens is 2. The Hall–Kier alpha value is -2.21. The van der Waals surface area contributed by atoms with Crippen LogP contribution >= 0.6 is 0 Å². The van der Waals surface area contributed by atoms with E-state index < -0.39 is 5.56 Å². The Balaban J connectivity index is 2.47. The number of nitrogens with one attached hydrogen (secondary N) is 1. The molecule has 0 aliphatic carbocycles. The first-order valence-electron chi connectivity index (χ1n) is 6.21. The van der Waals surface area contributed by atoms with Gasteiger partial charge in [-0.1, -0.05) is 0 Å². The Morgan fingerprint density at radius 3 is 2.75 bits per heavy atom. The zero-order valence-electron chi connectivity index (χ0n) is 11.6. The lowest BCUT2D eigenvalue weighted by Gasteiger charge is -2.08. The molecule has 2 aromatic rings. The highest BCUT2D eigenvalue weighted by molar-refractivity contribution is 5.99. The second kappa shape index (κ2) is 5.83. The molecule has 6 heteroatoms. The zero-order chi connectivity index (χ0) is 14.7. The van der Waals surface area contributed by atoms with Gasteiger partial charge < -0.3 is 14.5 Å². The molecule has 0 bridgehead atoms. The van der Waals surface area contributed by atoms with Crippen molar-refractivity contribution in [1.82, 2.24) is 9.97 Å². The monoisotopic (exact) mass is 276 g/mol. The number of pyridine rings is 2. The number of methoxy groups -OCH3 is 1. The van der Waals surface area contributed by atoms with Crippen LogP contribution in [0, 0.1) is 6.92 Å². The number of aromatic amines is 1. The highest BCUT2D eigenvalue weighted by Crippen LogP contribution is 2.19. The zero-order valence-corrected chi connectivity index (χ0v) is 11.6. The number of carbonyl (C=O) groups excluding carboxylic acids is 1. The number of H-pyrrole nitrogens is 1. The first-order chi connectivity index (χ1) is 9.54. The van der Waals surface area contributed by atoms with Crippen LogP contribution in [0.3, 0.4) is 0 Å². The summed E-state index contributed by atoms with van der Waals surface area (Å²) in [4.78, 5) is 30.2. The van der Waals surface area contributed by atoms with E-state index >= 15 is 0 Å². The number of carbonyl (C=O) groups is 1. The van der Waals surface area contributed by atoms with E-state index in [-0.39, 0.29) is 11.3 Å². The first-order valence-corrected chi connectivity index (χ1v) is 6.21. The van der Waals surface area contributed by atoms with Crippen LogP contribution in [0.4, 0.5) is 0 Å². The minimum atomic E-state index is -0.427. The summed E-state index contributed by atoms with van der Waals surface area (Å²) in [6, 6.07) is 3.48. The predicted molar refractivity (Wildman–Crippen MR) is 74.5 cm³/mol. The van der Waals surface area contributed by atoms with E-state index in [1.165, 1.54) is 6.92 Å². The average molecular weight is 276 g/mol. The summed E-state index contributed by atoms with van der Waals surface area (Å²) in [5.41, 5.74) is 0.788. The van der Waals surface area contributed by atoms with Crippen molar-refractivity contribution < 1.29 is 14.3 Å². The molecule has 0 saturated heterocycles. The van der Waals surface area contributed by atoms with Crippen LogP contribution < -0.4 is 10.3 Å². The molecule has 0 aliphatic rings. The van der Waals surface area contributed by atoms with E-state index in [1.807, 2.05) is 0 Å². The fraction of sp³-hybridized carbons (Fsp3) is 0.357. The van der Waals surface area contributed by atoms with Gasteiger partial charge in [0.05, 0.1) is 12.2 Å². The third-order valence-electron chi connectivity index (χ3n) is 3.00. The summed E-state index contributed by atoms with van der Waals surface area (Å²) in [7, 11) is 1.58. The van der Waals surface area contributed by atoms with Gasteiger partial charge in [-0.15, -0.1) is 0 Å². The fourth-order valence-electron chi connectivity index (χ4n) is 2.05. The van der Waals surface area contributed by atoms with Gasteiger partial charge in [-0.25, -0.2) is 0 Å². The van der Waals surface area contributed by atoms with Crippen molar-refractivity contribution in [3.8, 4) is 5.88 Å². The summed E-state index contributed by atoms with van der Waals surface area (Å²) in [6.07, 6.45) is 0. The van der Waals surface area contributed by atoms with Crippen LogP contribution in [0.25, 0.3) is 11.0 Å². The van der Waals surface area contributed by atoms with Crippen LogP contribution in [0.1, 0.15) is 22.8 Å². The van der Waals surface area contributed by atoms with Gasteiger partial charge in [0.1, 0.15) is 12.3 Å². The normalized spacial score (nSPS) is 10.8. The molecule has 1 N–H and O–H groups in total. The second-order valence-corrected chi connectivity index (χ2v) is 4.40. The molecule has 0 atom stereocenters. The largest absolute Gasteiger partial charge is 0.475 e. The molecule has 0 unspecified atom stereocenters. The van der Waals surface area contributed by atoms with Gasteiger partial charge >= 0.3 is 0 Å². The van der Waals surface area contributed by atoms with Crippen LogP contribution in [0.15, 0.2) is 16.9 Å². The minimum absolute atomic E-state index is 0.173. The van der Waals surface area contributed by atoms with Gasteiger partial charge in [-0.3, -0.25) is 9.59 Å². The van der Waals surface area contributed by atoms with E-state index in [1.54, 1.807) is 26.2 Å². The molecular weight excluding hydrogens is 260 g/mol. The van der Waals surface area contributed by atoms with Crippen molar-refractivity contribution in [2.24, 2.45) is 0 Å². The quantitative estimate of drug-likeness (QED) is 0.660. The number of Topliss-reactive ketones (excluding diaryl/α,β-unsaturated/α-hetero) is 1. The van der Waals surface area contributed by atoms with Crippen molar-refractivity contribution in [1.29, 1.82) is 0 Å². The van der Waals surface area contributed by atoms with Crippen molar-refractivity contribution in [3.05, 3.63) is 33.6 Å². The van der Waals surface area contributed by atoms with E-state index in [0.29, 0.717) is 30.3 Å². The van der Waals surface area contributed by atoms with Gasteiger partial charge in [-0.2, -0.15) is 4.98 Å². The number of hydrogen-bond donors (Lipinski definition) is 1. The second-order valence-electron chi connectivity index (χ2n) is 4.40. The summed E-state index contributed by atoms with van der Waals surface area (Å²) >= 11 is 0. The van der Waals surface area contributed by atoms with Gasteiger partial charge in [0, 0.05) is 18.6 Å². The molecule has 0 radical (unpaired) electrons. The molecule has 0 saturated carbocycles. The number of hydrogen-bond acceptors (Lipinski definition) is 5. The SMILES string of the molecule is COCCOc1ccc2c(C)c(C(C)=O)c(=O)[nH]c2n1. The number of ether oxygens (including phenoxy) is 2. The molecular formula is C14H16N2O4. The molecule has 0 amide bonds. The van der Waals surface area contributed by atoms with Crippen molar-refractivity contribution in [2.75, 3.05) is 20.3 Å². The van der Waals surface area contributed by atoms with E-state index in [2.05, 4.69) is 9.97 Å². The third kappa shape index (κ3) is 2.70. The van der Waals surface area contributed by atoms with Crippen molar-refractivity contribution in [2.45, 2.75) is 13.8 Å². The van der Waals surface area contributed by atoms with Crippen LogP contribution in [-0.2, 0) is 4.74 Å². The Kier molecular flexibility index (Phi) is 4.14. The Morgan fingerprint density at radius 1 is 1.35 bits per heavy atom. The lowest BCUT2D eigenvalue weighted by Crippen LogP contribution is -2.18. The number of nitrogens with zero attached hydrogens (tertiary/aromatic N) is 1. The minimum Gasteiger partial charge on any atom is -0.475 e. The molecule has 106 valence electrons. The summed E-state index contributed by atoms with van der Waals surface area (Å²) in [6.45, 7) is 3.95. The standard InChI is InChI=1S/C14H16N2O4/c1-8-10-4-5-11(20-7-6-19-3)15-13(10)16-14(18)12(8)9(2)17/h4-5H,6-7H2,1-3H3,(H,15,16,18). The molecule has 6 nitrogen and oxygen atoms in total. The van der Waals surface area contributed by atoms with E-state index in [4.69, 9.17) is 9.47 Å². The molecule has 0 fully saturated rings. The first kappa shape index (κ1) is 14.2. The number of aryl methyl sites for hydroxylation is 1. The highest BCUT2D eigenvalue weighted by Gasteiger charge is 2.14. The Labute approximate surface area is 115 Å². The maximum Gasteiger partial charge on any atom is 0.260 e. The Bertz CT molecular complexity index is 706. The molecule has 0 aliphatic heterocycles. The number of fused-ring (bicyclic) bond motifs is 1. The van der Waals surface area contributed by atoms with E-state index in [9.17, 15) is 9.59 Å². The lowest BCUT2D eigenvalue weighted by molar-refractivity contribution is 0.101. The lowest BCUT2D eigenvalue weighted by atomic mass is 10.0. The highest BCUT2D eigenvalue weighted by atomic mass is 16.5. The maximum atomic E-state index is 11.9. The van der Waals surface area contributed by atoms with E-state index in [0.717, 1.165) is 5.39 Å². The fourth-order valence-corrected chi connectivity index (χ4v) is 2.05. The van der Waals surface area contributed by atoms with Crippen molar-refractivity contribution >= 4 is 16.8 Å². The van der Waals surface area contributed by atoms with Gasteiger partial charge in [0.2, 0.25) is 5.88 Å². The van der Waals surface area contributed by atoms with Crippen molar-refractivity contribution in [3.63, 3.8) is 0 Å². The third-order valence-corrected chi connectivity index (χ3v) is 3.00. The average Bonchev–Trinajstić information content (AvgIpc) is 2.38. The summed E-state index contributed by atoms with van der Waals surface area (Å²) < 4.78 is 10.3. The Morgan fingerprint density at radius 2 is 2.10 bits per heavy atom. The van der Waals surface area contributed by atoms with Gasteiger partial charge in [0.25, 0.3) is 5.56 Å². The number of rotatable bonds is 5. The molecule has 2 heterocycles. The van der Waals surface area contributed by atoms with Gasteiger partial charge in [0.15, 0.2) is 5.78 Å².